The number of nitrogens with one attached hydrogen (secondary N) is 2. The van der Waals surface area contributed by atoms with E-state index in [1.165, 1.54) is 49.2 Å². The summed E-state index contributed by atoms with van der Waals surface area (Å²) in [6.07, 6.45) is -4.97. The molecule has 0 atom stereocenters. The van der Waals surface area contributed by atoms with Crippen molar-refractivity contribution in [3.8, 4) is 17.1 Å². The standard InChI is InChI=1S/C29H32ClF2N7O4.C2HF3O2/c1-37-22(20-5-6-23(43-2)36-24(20)25(31)32)16-34-26(37)27(40)35-18-3-4-19(21(30)15-18)29(42)39-13-11-38(12-14-39)28(41)17-7-9-33-10-8-17;3-2(4,5)1(6)7/h3-6,15-17,25,33H,7-14H2,1-2H3,(H,35,40);(H,6,7). The number of carbonyl (C=O) groups is 4. The van der Waals surface area contributed by atoms with Crippen LogP contribution in [0.3, 0.4) is 0 Å². The summed E-state index contributed by atoms with van der Waals surface area (Å²) in [5.41, 5.74) is 0.506. The Balaban J connectivity index is 0.000000727. The number of carbonyl (C=O) groups excluding carboxylic acids is 3. The van der Waals surface area contributed by atoms with Crippen LogP contribution < -0.4 is 15.4 Å². The Labute approximate surface area is 287 Å². The Morgan fingerprint density at radius 2 is 1.66 bits per heavy atom. The van der Waals surface area contributed by atoms with Gasteiger partial charge >= 0.3 is 12.1 Å². The Morgan fingerprint density at radius 1 is 1.04 bits per heavy atom. The molecule has 1 aromatic carbocycles. The van der Waals surface area contributed by atoms with E-state index in [1.807, 2.05) is 4.90 Å². The number of nitrogens with zero attached hydrogens (tertiary/aromatic N) is 5. The van der Waals surface area contributed by atoms with Crippen LogP contribution in [0.4, 0.5) is 27.6 Å². The van der Waals surface area contributed by atoms with E-state index < -0.39 is 30.2 Å². The third kappa shape index (κ3) is 9.03. The molecule has 0 spiro atoms. The van der Waals surface area contributed by atoms with Gasteiger partial charge < -0.3 is 34.8 Å². The van der Waals surface area contributed by atoms with Gasteiger partial charge in [-0.2, -0.15) is 13.2 Å². The van der Waals surface area contributed by atoms with Gasteiger partial charge in [-0.05, 0) is 50.2 Å². The molecule has 2 saturated heterocycles. The van der Waals surface area contributed by atoms with Crippen LogP contribution >= 0.6 is 11.6 Å². The molecule has 0 unspecified atom stereocenters. The Hall–Kier alpha value is -4.84. The number of pyridine rings is 1. The van der Waals surface area contributed by atoms with E-state index in [0.29, 0.717) is 31.9 Å². The van der Waals surface area contributed by atoms with E-state index in [2.05, 4.69) is 20.6 Å². The number of aromatic nitrogens is 3. The molecule has 4 heterocycles. The first-order valence-electron chi connectivity index (χ1n) is 15.2. The Morgan fingerprint density at radius 3 is 2.22 bits per heavy atom. The number of alkyl halides is 5. The van der Waals surface area contributed by atoms with Crippen LogP contribution in [0.25, 0.3) is 11.3 Å². The third-order valence-electron chi connectivity index (χ3n) is 8.05. The average Bonchev–Trinajstić information content (AvgIpc) is 3.48. The van der Waals surface area contributed by atoms with E-state index in [0.717, 1.165) is 25.9 Å². The molecule has 2 aromatic heterocycles. The molecule has 13 nitrogen and oxygen atoms in total. The zero-order valence-corrected chi connectivity index (χ0v) is 27.5. The smallest absolute Gasteiger partial charge is 0.481 e. The molecule has 2 aliphatic rings. The fraction of sp³-hybridized carbons (Fsp3) is 0.419. The van der Waals surface area contributed by atoms with Crippen molar-refractivity contribution in [2.45, 2.75) is 25.4 Å². The third-order valence-corrected chi connectivity index (χ3v) is 8.36. The van der Waals surface area contributed by atoms with Gasteiger partial charge in [0.05, 0.1) is 29.6 Å². The lowest BCUT2D eigenvalue weighted by molar-refractivity contribution is -0.192. The first-order valence-corrected chi connectivity index (χ1v) is 15.5. The normalized spacial score (nSPS) is 15.3. The van der Waals surface area contributed by atoms with Crippen molar-refractivity contribution < 1.29 is 51.0 Å². The number of amides is 3. The highest BCUT2D eigenvalue weighted by atomic mass is 35.5. The number of piperidine rings is 1. The maximum absolute atomic E-state index is 13.7. The molecule has 0 aliphatic carbocycles. The Kier molecular flexibility index (Phi) is 12.3. The largest absolute Gasteiger partial charge is 0.490 e. The predicted octanol–water partition coefficient (Wildman–Crippen LogP) is 4.25. The summed E-state index contributed by atoms with van der Waals surface area (Å²) in [7, 11) is 2.87. The molecule has 0 radical (unpaired) electrons. The maximum Gasteiger partial charge on any atom is 0.490 e. The van der Waals surface area contributed by atoms with Gasteiger partial charge in [0, 0.05) is 56.5 Å². The van der Waals surface area contributed by atoms with Gasteiger partial charge in [-0.15, -0.1) is 0 Å². The highest BCUT2D eigenvalue weighted by Crippen LogP contribution is 2.32. The van der Waals surface area contributed by atoms with Gasteiger partial charge in [-0.25, -0.2) is 23.5 Å². The molecule has 5 rings (SSSR count). The molecule has 19 heteroatoms. The number of piperazine rings is 1. The number of halogens is 6. The fourth-order valence-corrected chi connectivity index (χ4v) is 5.67. The number of ether oxygens (including phenoxy) is 1. The molecule has 2 aliphatic heterocycles. The van der Waals surface area contributed by atoms with Crippen LogP contribution in [0.2, 0.25) is 5.02 Å². The number of hydrogen-bond acceptors (Lipinski definition) is 8. The number of rotatable bonds is 7. The van der Waals surface area contributed by atoms with Crippen LogP contribution in [0, 0.1) is 5.92 Å². The minimum Gasteiger partial charge on any atom is -0.481 e. The van der Waals surface area contributed by atoms with Gasteiger partial charge in [0.2, 0.25) is 11.8 Å². The topological polar surface area (TPSA) is 159 Å². The molecule has 3 amide bonds. The van der Waals surface area contributed by atoms with Crippen LogP contribution in [-0.2, 0) is 16.6 Å². The molecule has 2 fully saturated rings. The van der Waals surface area contributed by atoms with E-state index in [9.17, 15) is 36.3 Å². The first-order chi connectivity index (χ1) is 23.6. The lowest BCUT2D eigenvalue weighted by atomic mass is 9.96. The molecule has 3 aromatic rings. The molecular formula is C31H33ClF5N7O6. The van der Waals surface area contributed by atoms with Gasteiger partial charge in [0.15, 0.2) is 5.82 Å². The summed E-state index contributed by atoms with van der Waals surface area (Å²) in [6, 6.07) is 7.45. The summed E-state index contributed by atoms with van der Waals surface area (Å²) in [5.74, 6) is -3.41. The molecule has 50 heavy (non-hydrogen) atoms. The molecular weight excluding hydrogens is 697 g/mol. The van der Waals surface area contributed by atoms with E-state index in [1.54, 1.807) is 11.0 Å². The van der Waals surface area contributed by atoms with Crippen LogP contribution in [0.1, 0.15) is 45.9 Å². The second-order valence-electron chi connectivity index (χ2n) is 11.2. The number of hydrogen-bond donors (Lipinski definition) is 3. The zero-order valence-electron chi connectivity index (χ0n) is 26.8. The lowest BCUT2D eigenvalue weighted by Gasteiger charge is -2.37. The average molecular weight is 730 g/mol. The number of imidazole rings is 1. The number of carboxylic acids is 1. The minimum atomic E-state index is -5.08. The van der Waals surface area contributed by atoms with Crippen molar-refractivity contribution in [1.82, 2.24) is 29.7 Å². The number of methoxy groups -OCH3 is 1. The monoisotopic (exact) mass is 729 g/mol. The molecule has 270 valence electrons. The quantitative estimate of drug-likeness (QED) is 0.303. The number of carboxylic acid groups (broad SMARTS) is 1. The van der Waals surface area contributed by atoms with Crippen molar-refractivity contribution in [1.29, 1.82) is 0 Å². The molecule has 3 N–H and O–H groups in total. The highest BCUT2D eigenvalue weighted by molar-refractivity contribution is 6.34. The SMILES string of the molecule is COc1ccc(-c2cnc(C(=O)Nc3ccc(C(=O)N4CCN(C(=O)C5CCNCC5)CC4)c(Cl)c3)n2C)c(C(F)F)n1.O=C(O)C(F)(F)F. The van der Waals surface area contributed by atoms with Crippen molar-refractivity contribution in [2.24, 2.45) is 13.0 Å². The van der Waals surface area contributed by atoms with Gasteiger partial charge in [-0.1, -0.05) is 11.6 Å². The second kappa shape index (κ2) is 16.2. The number of aliphatic carboxylic acids is 1. The van der Waals surface area contributed by atoms with Crippen LogP contribution in [0.15, 0.2) is 36.5 Å². The summed E-state index contributed by atoms with van der Waals surface area (Å²) in [5, 5.41) is 13.2. The predicted molar refractivity (Wildman–Crippen MR) is 169 cm³/mol. The zero-order chi connectivity index (χ0) is 36.7. The van der Waals surface area contributed by atoms with Gasteiger partial charge in [0.25, 0.3) is 18.2 Å². The summed E-state index contributed by atoms with van der Waals surface area (Å²) in [6.45, 7) is 3.44. The maximum atomic E-state index is 13.7. The second-order valence-corrected chi connectivity index (χ2v) is 11.6. The van der Waals surface area contributed by atoms with Crippen molar-refractivity contribution >= 4 is 41.0 Å². The summed E-state index contributed by atoms with van der Waals surface area (Å²) >= 11 is 6.46. The van der Waals surface area contributed by atoms with Crippen LogP contribution in [-0.4, -0.2) is 106 Å². The van der Waals surface area contributed by atoms with Crippen molar-refractivity contribution in [3.63, 3.8) is 0 Å². The fourth-order valence-electron chi connectivity index (χ4n) is 5.40. The van der Waals surface area contributed by atoms with Gasteiger partial charge in [0.1, 0.15) is 5.69 Å². The van der Waals surface area contributed by atoms with Gasteiger partial charge in [-0.3, -0.25) is 14.4 Å². The van der Waals surface area contributed by atoms with E-state index >= 15 is 0 Å². The van der Waals surface area contributed by atoms with Crippen LogP contribution in [0.5, 0.6) is 5.88 Å². The molecule has 0 bridgehead atoms. The van der Waals surface area contributed by atoms with E-state index in [-0.39, 0.29) is 51.3 Å². The minimum absolute atomic E-state index is 0.0285. The lowest BCUT2D eigenvalue weighted by Crippen LogP contribution is -2.52. The highest BCUT2D eigenvalue weighted by Gasteiger charge is 2.38. The number of anilines is 1. The number of benzene rings is 1. The van der Waals surface area contributed by atoms with Crippen molar-refractivity contribution in [2.75, 3.05) is 51.7 Å². The summed E-state index contributed by atoms with van der Waals surface area (Å²) in [4.78, 5) is 59.5. The Bertz CT molecular complexity index is 1720. The van der Waals surface area contributed by atoms with Crippen molar-refractivity contribution in [3.05, 3.63) is 58.6 Å². The first kappa shape index (κ1) is 38.0. The molecule has 0 saturated carbocycles. The van der Waals surface area contributed by atoms with E-state index in [4.69, 9.17) is 26.2 Å². The summed E-state index contributed by atoms with van der Waals surface area (Å²) < 4.78 is 65.5.